The number of benzene rings is 2. The lowest BCUT2D eigenvalue weighted by molar-refractivity contribution is 0.0706. The molecule has 0 aliphatic carbocycles. The molecule has 0 saturated heterocycles. The summed E-state index contributed by atoms with van der Waals surface area (Å²) in [6, 6.07) is 14.4. The summed E-state index contributed by atoms with van der Waals surface area (Å²) in [4.78, 5) is 27.5. The van der Waals surface area contributed by atoms with Crippen molar-refractivity contribution in [2.24, 2.45) is 0 Å². The molecule has 3 N–H and O–H groups in total. The average molecular weight is 403 g/mol. The van der Waals surface area contributed by atoms with Crippen LogP contribution >= 0.6 is 23.1 Å². The number of hydrogen-bond acceptors (Lipinski definition) is 7. The highest BCUT2D eigenvalue weighted by Crippen LogP contribution is 2.28. The summed E-state index contributed by atoms with van der Waals surface area (Å²) in [5.41, 5.74) is 3.60. The minimum absolute atomic E-state index is 0.0951. The fraction of sp³-hybridized carbons (Fsp3) is 0.167. The summed E-state index contributed by atoms with van der Waals surface area (Å²) in [5, 5.41) is 11.3. The van der Waals surface area contributed by atoms with Gasteiger partial charge in [-0.05, 0) is 29.8 Å². The van der Waals surface area contributed by atoms with E-state index in [0.717, 1.165) is 20.1 Å². The summed E-state index contributed by atoms with van der Waals surface area (Å²) in [7, 11) is 0. The number of nitrogens with one attached hydrogen (secondary N) is 2. The third-order valence-electron chi connectivity index (χ3n) is 3.56. The molecular weight excluding hydrogens is 386 g/mol. The van der Waals surface area contributed by atoms with Crippen molar-refractivity contribution in [3.05, 3.63) is 59.7 Å². The van der Waals surface area contributed by atoms with Crippen molar-refractivity contribution in [2.75, 3.05) is 12.3 Å². The van der Waals surface area contributed by atoms with E-state index in [9.17, 15) is 9.59 Å². The highest BCUT2D eigenvalue weighted by atomic mass is 32.2. The van der Waals surface area contributed by atoms with Crippen LogP contribution in [0, 0.1) is 0 Å². The first-order chi connectivity index (χ1) is 13.2. The Morgan fingerprint density at radius 3 is 2.67 bits per heavy atom. The molecule has 3 rings (SSSR count). The normalized spacial score (nSPS) is 10.6. The van der Waals surface area contributed by atoms with Crippen molar-refractivity contribution in [1.82, 2.24) is 15.8 Å². The van der Waals surface area contributed by atoms with Crippen LogP contribution in [0.15, 0.2) is 52.9 Å². The van der Waals surface area contributed by atoms with Gasteiger partial charge in [0, 0.05) is 17.9 Å². The molecule has 0 radical (unpaired) electrons. The standard InChI is InChI=1S/C18H17N3O4S2/c22-16(21-24)13-7-5-12(6-8-13)11-25-17(23)19-9-10-26-18-20-14-3-1-2-4-15(14)27-18/h1-8,24H,9-11H2,(H,19,23)(H,21,22). The topological polar surface area (TPSA) is 101 Å². The Morgan fingerprint density at radius 1 is 1.15 bits per heavy atom. The SMILES string of the molecule is O=C(NCCSc1nc2ccccc2s1)OCc1ccc(C(=O)NO)cc1. The molecule has 0 spiro atoms. The third-order valence-corrected chi connectivity index (χ3v) is 5.74. The lowest BCUT2D eigenvalue weighted by Crippen LogP contribution is -2.26. The highest BCUT2D eigenvalue weighted by Gasteiger charge is 2.07. The Hall–Kier alpha value is -2.62. The Balaban J connectivity index is 1.36. The van der Waals surface area contributed by atoms with E-state index < -0.39 is 12.0 Å². The lowest BCUT2D eigenvalue weighted by atomic mass is 10.1. The van der Waals surface area contributed by atoms with E-state index in [1.807, 2.05) is 24.3 Å². The average Bonchev–Trinajstić information content (AvgIpc) is 3.12. The third kappa shape index (κ3) is 5.43. The quantitative estimate of drug-likeness (QED) is 0.242. The Labute approximate surface area is 163 Å². The molecule has 1 heterocycles. The van der Waals surface area contributed by atoms with Crippen LogP contribution in [0.2, 0.25) is 0 Å². The molecule has 0 fully saturated rings. The van der Waals surface area contributed by atoms with Gasteiger partial charge < -0.3 is 10.1 Å². The van der Waals surface area contributed by atoms with Gasteiger partial charge in [-0.25, -0.2) is 15.3 Å². The van der Waals surface area contributed by atoms with Gasteiger partial charge in [0.05, 0.1) is 10.2 Å². The van der Waals surface area contributed by atoms with Gasteiger partial charge in [-0.15, -0.1) is 11.3 Å². The van der Waals surface area contributed by atoms with E-state index in [1.165, 1.54) is 12.1 Å². The van der Waals surface area contributed by atoms with Crippen molar-refractivity contribution in [3.63, 3.8) is 0 Å². The number of nitrogens with zero attached hydrogens (tertiary/aromatic N) is 1. The Bertz CT molecular complexity index is 895. The van der Waals surface area contributed by atoms with Crippen molar-refractivity contribution in [1.29, 1.82) is 0 Å². The van der Waals surface area contributed by atoms with Crippen LogP contribution in [-0.4, -0.2) is 34.5 Å². The fourth-order valence-electron chi connectivity index (χ4n) is 2.22. The summed E-state index contributed by atoms with van der Waals surface area (Å²) < 4.78 is 7.25. The van der Waals surface area contributed by atoms with Gasteiger partial charge in [0.1, 0.15) is 6.61 Å². The van der Waals surface area contributed by atoms with E-state index in [2.05, 4.69) is 10.3 Å². The second kappa shape index (κ2) is 9.36. The molecule has 0 unspecified atom stereocenters. The van der Waals surface area contributed by atoms with Crippen molar-refractivity contribution < 1.29 is 19.5 Å². The number of thiazole rings is 1. The second-order valence-corrected chi connectivity index (χ2v) is 7.81. The maximum absolute atomic E-state index is 11.7. The molecular formula is C18H17N3O4S2. The van der Waals surface area contributed by atoms with Crippen LogP contribution in [-0.2, 0) is 11.3 Å². The van der Waals surface area contributed by atoms with Crippen molar-refractivity contribution >= 4 is 45.3 Å². The number of fused-ring (bicyclic) bond motifs is 1. The lowest BCUT2D eigenvalue weighted by Gasteiger charge is -2.07. The van der Waals surface area contributed by atoms with Crippen LogP contribution in [0.4, 0.5) is 4.79 Å². The number of aromatic nitrogens is 1. The number of para-hydroxylation sites is 1. The Kier molecular flexibility index (Phi) is 6.64. The molecule has 0 aliphatic heterocycles. The zero-order valence-corrected chi connectivity index (χ0v) is 15.8. The molecule has 27 heavy (non-hydrogen) atoms. The molecule has 7 nitrogen and oxygen atoms in total. The number of thioether (sulfide) groups is 1. The number of ether oxygens (including phenoxy) is 1. The van der Waals surface area contributed by atoms with Gasteiger partial charge in [0.15, 0.2) is 4.34 Å². The number of carbonyl (C=O) groups is 2. The summed E-state index contributed by atoms with van der Waals surface area (Å²) in [6.45, 7) is 0.562. The predicted molar refractivity (Wildman–Crippen MR) is 104 cm³/mol. The fourth-order valence-corrected chi connectivity index (χ4v) is 4.21. The molecule has 3 aromatic rings. The number of alkyl carbamates (subject to hydrolysis) is 1. The summed E-state index contributed by atoms with van der Waals surface area (Å²) in [6.07, 6.45) is -0.503. The first-order valence-electron chi connectivity index (χ1n) is 8.08. The van der Waals surface area contributed by atoms with Gasteiger partial charge in [0.2, 0.25) is 0 Å². The second-order valence-electron chi connectivity index (χ2n) is 5.44. The van der Waals surface area contributed by atoms with Gasteiger partial charge in [-0.2, -0.15) is 0 Å². The van der Waals surface area contributed by atoms with Gasteiger partial charge >= 0.3 is 6.09 Å². The molecule has 2 aromatic carbocycles. The molecule has 0 saturated carbocycles. The number of hydroxylamine groups is 1. The van der Waals surface area contributed by atoms with E-state index in [-0.39, 0.29) is 6.61 Å². The van der Waals surface area contributed by atoms with Gasteiger partial charge in [-0.3, -0.25) is 10.0 Å². The maximum atomic E-state index is 11.7. The van der Waals surface area contributed by atoms with Crippen molar-refractivity contribution in [3.8, 4) is 0 Å². The molecule has 140 valence electrons. The minimum Gasteiger partial charge on any atom is -0.445 e. The molecule has 0 bridgehead atoms. The first-order valence-corrected chi connectivity index (χ1v) is 9.88. The van der Waals surface area contributed by atoms with Crippen LogP contribution in [0.3, 0.4) is 0 Å². The van der Waals surface area contributed by atoms with Crippen LogP contribution in [0.1, 0.15) is 15.9 Å². The number of rotatable bonds is 7. The number of carbonyl (C=O) groups excluding carboxylic acids is 2. The van der Waals surface area contributed by atoms with Crippen molar-refractivity contribution in [2.45, 2.75) is 10.9 Å². The van der Waals surface area contributed by atoms with Crippen LogP contribution in [0.25, 0.3) is 10.2 Å². The monoisotopic (exact) mass is 403 g/mol. The zero-order valence-electron chi connectivity index (χ0n) is 14.2. The molecule has 0 atom stereocenters. The van der Waals surface area contributed by atoms with Crippen LogP contribution < -0.4 is 10.8 Å². The smallest absolute Gasteiger partial charge is 0.407 e. The van der Waals surface area contributed by atoms with E-state index >= 15 is 0 Å². The largest absolute Gasteiger partial charge is 0.445 e. The van der Waals surface area contributed by atoms with Gasteiger partial charge in [-0.1, -0.05) is 36.0 Å². The molecule has 2 amide bonds. The summed E-state index contributed by atoms with van der Waals surface area (Å²) in [5.74, 6) is 0.103. The summed E-state index contributed by atoms with van der Waals surface area (Å²) >= 11 is 3.22. The van der Waals surface area contributed by atoms with E-state index in [4.69, 9.17) is 9.94 Å². The molecule has 0 aliphatic rings. The zero-order chi connectivity index (χ0) is 19.1. The van der Waals surface area contributed by atoms with E-state index in [1.54, 1.807) is 40.7 Å². The minimum atomic E-state index is -0.592. The highest BCUT2D eigenvalue weighted by molar-refractivity contribution is 8.01. The predicted octanol–water partition coefficient (Wildman–Crippen LogP) is 3.43. The maximum Gasteiger partial charge on any atom is 0.407 e. The molecule has 1 aromatic heterocycles. The first kappa shape index (κ1) is 19.2. The Morgan fingerprint density at radius 2 is 1.93 bits per heavy atom. The molecule has 9 heteroatoms. The number of amides is 2. The van der Waals surface area contributed by atoms with E-state index in [0.29, 0.717) is 17.9 Å². The number of hydrogen-bond donors (Lipinski definition) is 3. The van der Waals surface area contributed by atoms with Crippen LogP contribution in [0.5, 0.6) is 0 Å². The van der Waals surface area contributed by atoms with Gasteiger partial charge in [0.25, 0.3) is 5.91 Å².